The summed E-state index contributed by atoms with van der Waals surface area (Å²) in [4.78, 5) is 15.6. The van der Waals surface area contributed by atoms with Crippen LogP contribution in [0.2, 0.25) is 0 Å². The normalized spacial score (nSPS) is 21.6. The van der Waals surface area contributed by atoms with E-state index in [1.807, 2.05) is 19.9 Å². The summed E-state index contributed by atoms with van der Waals surface area (Å²) in [5.41, 5.74) is 9.27. The van der Waals surface area contributed by atoms with Crippen LogP contribution in [0.15, 0.2) is 29.5 Å². The van der Waals surface area contributed by atoms with Crippen molar-refractivity contribution in [3.63, 3.8) is 0 Å². The van der Waals surface area contributed by atoms with Crippen molar-refractivity contribution in [2.24, 2.45) is 10.7 Å². The van der Waals surface area contributed by atoms with Crippen LogP contribution in [0, 0.1) is 5.82 Å². The Labute approximate surface area is 158 Å². The van der Waals surface area contributed by atoms with Crippen LogP contribution in [0.3, 0.4) is 0 Å². The summed E-state index contributed by atoms with van der Waals surface area (Å²) in [6.07, 6.45) is 2.39. The molecule has 2 aliphatic rings. The molecule has 142 valence electrons. The van der Waals surface area contributed by atoms with E-state index in [-0.39, 0.29) is 23.7 Å². The molecule has 0 saturated carbocycles. The first-order chi connectivity index (χ1) is 12.9. The van der Waals surface area contributed by atoms with E-state index in [2.05, 4.69) is 26.8 Å². The van der Waals surface area contributed by atoms with Gasteiger partial charge < -0.3 is 15.4 Å². The lowest BCUT2D eigenvalue weighted by Crippen LogP contribution is -2.30. The van der Waals surface area contributed by atoms with Crippen LogP contribution >= 0.6 is 0 Å². The van der Waals surface area contributed by atoms with Crippen molar-refractivity contribution in [3.05, 3.63) is 47.2 Å². The summed E-state index contributed by atoms with van der Waals surface area (Å²) in [5, 5.41) is 0. The van der Waals surface area contributed by atoms with E-state index >= 15 is 0 Å². The van der Waals surface area contributed by atoms with Crippen LogP contribution in [-0.2, 0) is 6.54 Å². The summed E-state index contributed by atoms with van der Waals surface area (Å²) in [6.45, 7) is 7.11. The molecule has 2 aliphatic heterocycles. The van der Waals surface area contributed by atoms with E-state index in [1.54, 1.807) is 12.4 Å². The topological polar surface area (TPSA) is 76.6 Å². The highest BCUT2D eigenvalue weighted by atomic mass is 19.1. The predicted molar refractivity (Wildman–Crippen MR) is 103 cm³/mol. The fourth-order valence-corrected chi connectivity index (χ4v) is 3.78. The number of ether oxygens (including phenoxy) is 1. The van der Waals surface area contributed by atoms with Gasteiger partial charge in [-0.3, -0.25) is 4.99 Å². The van der Waals surface area contributed by atoms with Crippen LogP contribution in [0.25, 0.3) is 0 Å². The molecule has 4 rings (SSSR count). The van der Waals surface area contributed by atoms with Crippen molar-refractivity contribution < 1.29 is 9.13 Å². The van der Waals surface area contributed by atoms with Crippen LogP contribution in [0.4, 0.5) is 10.2 Å². The molecule has 2 atom stereocenters. The van der Waals surface area contributed by atoms with Crippen LogP contribution < -0.4 is 15.4 Å². The average Bonchev–Trinajstić information content (AvgIpc) is 3.17. The zero-order valence-corrected chi connectivity index (χ0v) is 15.8. The summed E-state index contributed by atoms with van der Waals surface area (Å²) in [5.74, 6) is 0.728. The van der Waals surface area contributed by atoms with E-state index < -0.39 is 0 Å². The quantitative estimate of drug-likeness (QED) is 0.897. The minimum absolute atomic E-state index is 0.106. The zero-order chi connectivity index (χ0) is 19.1. The van der Waals surface area contributed by atoms with Crippen molar-refractivity contribution in [1.29, 1.82) is 0 Å². The first kappa shape index (κ1) is 17.9. The molecule has 1 saturated heterocycles. The maximum Gasteiger partial charge on any atom is 0.165 e. The molecule has 0 bridgehead atoms. The summed E-state index contributed by atoms with van der Waals surface area (Å²) < 4.78 is 19.9. The lowest BCUT2D eigenvalue weighted by atomic mass is 10.0. The first-order valence-corrected chi connectivity index (χ1v) is 9.31. The molecule has 6 nitrogen and oxygen atoms in total. The SMILES string of the molecule is CC(C)Oc1cc2c(cc1F)CN=C2c1cc(N2C[C@H](N)C[C@@H]2C)ncn1. The van der Waals surface area contributed by atoms with E-state index in [4.69, 9.17) is 10.5 Å². The van der Waals surface area contributed by atoms with Crippen molar-refractivity contribution in [2.45, 2.75) is 51.9 Å². The van der Waals surface area contributed by atoms with Gasteiger partial charge in [0, 0.05) is 30.3 Å². The Hall–Kier alpha value is -2.54. The second-order valence-electron chi connectivity index (χ2n) is 7.53. The minimum Gasteiger partial charge on any atom is -0.488 e. The molecule has 1 fully saturated rings. The standard InChI is InChI=1S/C20H24FN5O/c1-11(2)27-18-6-15-13(5-16(18)21)8-23-20(15)17-7-19(25-10-24-17)26-9-14(22)4-12(26)3/h5-7,10-12,14H,4,8-9,22H2,1-3H3/t12-,14+/m0/s1. The molecule has 0 spiro atoms. The molecule has 27 heavy (non-hydrogen) atoms. The Bertz CT molecular complexity index is 898. The molecule has 0 unspecified atom stereocenters. The highest BCUT2D eigenvalue weighted by Gasteiger charge is 2.29. The highest BCUT2D eigenvalue weighted by Crippen LogP contribution is 2.31. The summed E-state index contributed by atoms with van der Waals surface area (Å²) in [7, 11) is 0. The van der Waals surface area contributed by atoms with Gasteiger partial charge in [0.2, 0.25) is 0 Å². The van der Waals surface area contributed by atoms with Crippen LogP contribution in [0.1, 0.15) is 44.0 Å². The van der Waals surface area contributed by atoms with Gasteiger partial charge in [-0.25, -0.2) is 14.4 Å². The maximum absolute atomic E-state index is 14.3. The predicted octanol–water partition coefficient (Wildman–Crippen LogP) is 2.68. The third-order valence-corrected chi connectivity index (χ3v) is 4.98. The van der Waals surface area contributed by atoms with E-state index in [1.165, 1.54) is 6.07 Å². The molecule has 2 aromatic rings. The van der Waals surface area contributed by atoms with Gasteiger partial charge in [0.1, 0.15) is 12.1 Å². The van der Waals surface area contributed by atoms with Gasteiger partial charge in [-0.15, -0.1) is 0 Å². The lowest BCUT2D eigenvalue weighted by molar-refractivity contribution is 0.231. The van der Waals surface area contributed by atoms with E-state index in [9.17, 15) is 4.39 Å². The second kappa shape index (κ2) is 6.88. The first-order valence-electron chi connectivity index (χ1n) is 9.31. The maximum atomic E-state index is 14.3. The van der Waals surface area contributed by atoms with Gasteiger partial charge in [-0.05, 0) is 44.9 Å². The van der Waals surface area contributed by atoms with Gasteiger partial charge in [-0.2, -0.15) is 0 Å². The largest absolute Gasteiger partial charge is 0.488 e. The molecule has 3 heterocycles. The minimum atomic E-state index is -0.359. The molecule has 0 aliphatic carbocycles. The zero-order valence-electron chi connectivity index (χ0n) is 15.8. The smallest absolute Gasteiger partial charge is 0.165 e. The number of fused-ring (bicyclic) bond motifs is 1. The Morgan fingerprint density at radius 3 is 2.78 bits per heavy atom. The molecule has 0 amide bonds. The number of halogens is 1. The molecule has 2 N–H and O–H groups in total. The number of anilines is 1. The van der Waals surface area contributed by atoms with E-state index in [0.717, 1.165) is 41.3 Å². The highest BCUT2D eigenvalue weighted by molar-refractivity contribution is 6.14. The third-order valence-electron chi connectivity index (χ3n) is 4.98. The number of hydrogen-bond donors (Lipinski definition) is 1. The summed E-state index contributed by atoms with van der Waals surface area (Å²) >= 11 is 0. The molecule has 1 aromatic heterocycles. The van der Waals surface area contributed by atoms with Crippen LogP contribution in [-0.4, -0.2) is 40.4 Å². The van der Waals surface area contributed by atoms with Gasteiger partial charge in [0.15, 0.2) is 11.6 Å². The Morgan fingerprint density at radius 2 is 2.07 bits per heavy atom. The van der Waals surface area contributed by atoms with Gasteiger partial charge in [0.05, 0.1) is 24.1 Å². The lowest BCUT2D eigenvalue weighted by Gasteiger charge is -2.22. The molecular weight excluding hydrogens is 345 g/mol. The fourth-order valence-electron chi connectivity index (χ4n) is 3.78. The Balaban J connectivity index is 1.68. The molecule has 7 heteroatoms. The fraction of sp³-hybridized carbons (Fsp3) is 0.450. The number of aromatic nitrogens is 2. The Morgan fingerprint density at radius 1 is 1.26 bits per heavy atom. The van der Waals surface area contributed by atoms with Gasteiger partial charge >= 0.3 is 0 Å². The monoisotopic (exact) mass is 369 g/mol. The number of hydrogen-bond acceptors (Lipinski definition) is 6. The number of benzene rings is 1. The molecular formula is C20H24FN5O. The second-order valence-corrected chi connectivity index (χ2v) is 7.53. The average molecular weight is 369 g/mol. The number of nitrogens with zero attached hydrogens (tertiary/aromatic N) is 4. The third kappa shape index (κ3) is 3.39. The van der Waals surface area contributed by atoms with E-state index in [0.29, 0.717) is 12.6 Å². The molecule has 1 aromatic carbocycles. The molecule has 0 radical (unpaired) electrons. The van der Waals surface area contributed by atoms with Crippen molar-refractivity contribution in [3.8, 4) is 5.75 Å². The van der Waals surface area contributed by atoms with Crippen molar-refractivity contribution >= 4 is 11.5 Å². The van der Waals surface area contributed by atoms with Crippen molar-refractivity contribution in [1.82, 2.24) is 9.97 Å². The Kier molecular flexibility index (Phi) is 4.55. The van der Waals surface area contributed by atoms with Crippen LogP contribution in [0.5, 0.6) is 5.75 Å². The number of rotatable bonds is 4. The number of nitrogens with two attached hydrogens (primary N) is 1. The summed E-state index contributed by atoms with van der Waals surface area (Å²) in [6, 6.07) is 5.66. The van der Waals surface area contributed by atoms with Crippen molar-refractivity contribution in [2.75, 3.05) is 11.4 Å². The van der Waals surface area contributed by atoms with Gasteiger partial charge in [-0.1, -0.05) is 0 Å². The van der Waals surface area contributed by atoms with Gasteiger partial charge in [0.25, 0.3) is 0 Å². The number of aliphatic imine (C=N–C) groups is 1.